The molecule has 0 fully saturated rings. The van der Waals surface area contributed by atoms with Crippen LogP contribution in [0.25, 0.3) is 23.2 Å². The molecule has 2 heterocycles. The molecule has 0 aliphatic heterocycles. The summed E-state index contributed by atoms with van der Waals surface area (Å²) in [5.41, 5.74) is 3.45. The molecule has 3 aromatic carbocycles. The van der Waals surface area contributed by atoms with Crippen molar-refractivity contribution >= 4 is 35.2 Å². The first kappa shape index (κ1) is 26.4. The molecular formula is C28H23ClN8O3. The van der Waals surface area contributed by atoms with E-state index in [0.717, 1.165) is 11.1 Å². The number of carbonyl (C=O) groups is 2. The van der Waals surface area contributed by atoms with Gasteiger partial charge in [-0.05, 0) is 64.5 Å². The van der Waals surface area contributed by atoms with Crippen molar-refractivity contribution in [3.05, 3.63) is 107 Å². The lowest BCUT2D eigenvalue weighted by Gasteiger charge is -2.18. The molecule has 2 N–H and O–H groups in total. The van der Waals surface area contributed by atoms with Crippen LogP contribution < -0.4 is 10.6 Å². The van der Waals surface area contributed by atoms with Gasteiger partial charge < -0.3 is 15.2 Å². The second-order valence-corrected chi connectivity index (χ2v) is 9.18. The van der Waals surface area contributed by atoms with Crippen molar-refractivity contribution in [2.24, 2.45) is 0 Å². The zero-order valence-electron chi connectivity index (χ0n) is 21.2. The van der Waals surface area contributed by atoms with Crippen molar-refractivity contribution in [3.8, 4) is 17.1 Å². The summed E-state index contributed by atoms with van der Waals surface area (Å²) in [5.74, 6) is 0.0923. The highest BCUT2D eigenvalue weighted by Gasteiger charge is 2.21. The van der Waals surface area contributed by atoms with Gasteiger partial charge in [0.2, 0.25) is 23.5 Å². The fourth-order valence-corrected chi connectivity index (χ4v) is 4.11. The maximum absolute atomic E-state index is 13.3. The van der Waals surface area contributed by atoms with E-state index in [9.17, 15) is 9.59 Å². The number of rotatable bonds is 9. The van der Waals surface area contributed by atoms with Crippen LogP contribution in [0.15, 0.2) is 89.7 Å². The predicted octanol–water partition coefficient (Wildman–Crippen LogP) is 4.05. The molecule has 5 rings (SSSR count). The van der Waals surface area contributed by atoms with E-state index in [4.69, 9.17) is 16.1 Å². The van der Waals surface area contributed by atoms with E-state index in [1.165, 1.54) is 17.1 Å². The zero-order chi connectivity index (χ0) is 27.9. The minimum Gasteiger partial charge on any atom is -0.340 e. The molecule has 0 bridgehead atoms. The summed E-state index contributed by atoms with van der Waals surface area (Å²) in [5, 5.41) is 21.3. The van der Waals surface area contributed by atoms with Gasteiger partial charge in [0.25, 0.3) is 0 Å². The first-order valence-electron chi connectivity index (χ1n) is 12.2. The van der Waals surface area contributed by atoms with Crippen LogP contribution in [0.2, 0.25) is 5.02 Å². The van der Waals surface area contributed by atoms with Gasteiger partial charge in [-0.15, -0.1) is 5.10 Å². The van der Waals surface area contributed by atoms with Crippen molar-refractivity contribution < 1.29 is 14.1 Å². The normalized spacial score (nSPS) is 11.8. The lowest BCUT2D eigenvalue weighted by Crippen LogP contribution is -2.44. The van der Waals surface area contributed by atoms with Crippen LogP contribution in [0.4, 0.5) is 5.69 Å². The van der Waals surface area contributed by atoms with E-state index in [-0.39, 0.29) is 5.91 Å². The summed E-state index contributed by atoms with van der Waals surface area (Å²) in [6.45, 7) is 1.71. The number of anilines is 1. The topological polar surface area (TPSA) is 141 Å². The molecule has 2 amide bonds. The Bertz CT molecular complexity index is 1630. The number of hydrogen-bond acceptors (Lipinski definition) is 8. The van der Waals surface area contributed by atoms with Gasteiger partial charge in [-0.2, -0.15) is 9.67 Å². The van der Waals surface area contributed by atoms with Gasteiger partial charge in [-0.3, -0.25) is 9.59 Å². The Morgan fingerprint density at radius 2 is 1.88 bits per heavy atom. The third-order valence-corrected chi connectivity index (χ3v) is 6.09. The van der Waals surface area contributed by atoms with E-state index in [0.29, 0.717) is 40.1 Å². The van der Waals surface area contributed by atoms with Gasteiger partial charge in [-0.1, -0.05) is 47.1 Å². The van der Waals surface area contributed by atoms with Crippen LogP contribution in [0, 0.1) is 6.92 Å². The largest absolute Gasteiger partial charge is 0.340 e. The molecule has 0 aliphatic rings. The van der Waals surface area contributed by atoms with Gasteiger partial charge in [0.15, 0.2) is 0 Å². The molecule has 0 saturated carbocycles. The zero-order valence-corrected chi connectivity index (χ0v) is 22.0. The van der Waals surface area contributed by atoms with E-state index in [2.05, 4.69) is 36.3 Å². The highest BCUT2D eigenvalue weighted by atomic mass is 35.5. The lowest BCUT2D eigenvalue weighted by molar-refractivity contribution is -0.123. The molecule has 200 valence electrons. The Morgan fingerprint density at radius 1 is 1.07 bits per heavy atom. The Kier molecular flexibility index (Phi) is 8.02. The van der Waals surface area contributed by atoms with E-state index >= 15 is 0 Å². The Hall–Kier alpha value is -5.16. The van der Waals surface area contributed by atoms with E-state index < -0.39 is 11.9 Å². The molecular weight excluding hydrogens is 532 g/mol. The van der Waals surface area contributed by atoms with Gasteiger partial charge in [0, 0.05) is 41.3 Å². The van der Waals surface area contributed by atoms with Crippen LogP contribution in [0.3, 0.4) is 0 Å². The number of aromatic nitrogens is 6. The summed E-state index contributed by atoms with van der Waals surface area (Å²) in [6.07, 6.45) is 4.66. The molecule has 0 saturated heterocycles. The van der Waals surface area contributed by atoms with Crippen LogP contribution >= 0.6 is 11.6 Å². The van der Waals surface area contributed by atoms with Crippen molar-refractivity contribution in [1.82, 2.24) is 35.7 Å². The number of aryl methyl sites for hydroxylation is 1. The number of halogens is 1. The standard InChI is InChI=1S/C28H23ClN8O3/c1-18-31-27(34-40-18)20-7-11-23(12-8-20)32-28(39)24(15-19-5-3-2-4-6-19)33-26(38)14-9-21-16-22(29)10-13-25(21)37-17-30-35-36-37/h2-14,16-17,24H,15H2,1H3,(H,32,39)(H,33,38)/t24-/m0/s1. The van der Waals surface area contributed by atoms with Crippen LogP contribution in [-0.4, -0.2) is 48.2 Å². The van der Waals surface area contributed by atoms with Gasteiger partial charge in [0.05, 0.1) is 5.69 Å². The summed E-state index contributed by atoms with van der Waals surface area (Å²) >= 11 is 6.17. The van der Waals surface area contributed by atoms with Crippen molar-refractivity contribution in [2.45, 2.75) is 19.4 Å². The molecule has 0 radical (unpaired) electrons. The molecule has 0 spiro atoms. The molecule has 0 aliphatic carbocycles. The Morgan fingerprint density at radius 3 is 2.58 bits per heavy atom. The Balaban J connectivity index is 1.31. The number of nitrogens with zero attached hydrogens (tertiary/aromatic N) is 6. The van der Waals surface area contributed by atoms with Gasteiger partial charge in [-0.25, -0.2) is 0 Å². The number of hydrogen-bond donors (Lipinski definition) is 2. The number of tetrazole rings is 1. The van der Waals surface area contributed by atoms with Crippen molar-refractivity contribution in [1.29, 1.82) is 0 Å². The predicted molar refractivity (Wildman–Crippen MR) is 148 cm³/mol. The minimum absolute atomic E-state index is 0.291. The monoisotopic (exact) mass is 554 g/mol. The number of benzene rings is 3. The number of carbonyl (C=O) groups excluding carboxylic acids is 2. The number of nitrogens with one attached hydrogen (secondary N) is 2. The SMILES string of the molecule is Cc1nc(-c2ccc(NC(=O)[C@H](Cc3ccccc3)NC(=O)C=Cc3cc(Cl)ccc3-n3cnnn3)cc2)no1. The summed E-state index contributed by atoms with van der Waals surface area (Å²) in [6, 6.07) is 20.8. The second kappa shape index (κ2) is 12.1. The van der Waals surface area contributed by atoms with Gasteiger partial charge >= 0.3 is 0 Å². The maximum Gasteiger partial charge on any atom is 0.247 e. The van der Waals surface area contributed by atoms with Crippen LogP contribution in [0.5, 0.6) is 0 Å². The molecule has 40 heavy (non-hydrogen) atoms. The highest BCUT2D eigenvalue weighted by Crippen LogP contribution is 2.21. The molecule has 11 nitrogen and oxygen atoms in total. The third-order valence-electron chi connectivity index (χ3n) is 5.85. The number of amides is 2. The molecule has 0 unspecified atom stereocenters. The third kappa shape index (κ3) is 6.63. The minimum atomic E-state index is -0.850. The summed E-state index contributed by atoms with van der Waals surface area (Å²) in [4.78, 5) is 30.5. The Labute approximate surface area is 233 Å². The smallest absolute Gasteiger partial charge is 0.247 e. The van der Waals surface area contributed by atoms with Crippen LogP contribution in [-0.2, 0) is 16.0 Å². The van der Waals surface area contributed by atoms with Crippen molar-refractivity contribution in [3.63, 3.8) is 0 Å². The second-order valence-electron chi connectivity index (χ2n) is 8.75. The molecule has 5 aromatic rings. The average molecular weight is 555 g/mol. The first-order valence-corrected chi connectivity index (χ1v) is 12.6. The van der Waals surface area contributed by atoms with Crippen molar-refractivity contribution in [2.75, 3.05) is 5.32 Å². The fraction of sp³-hybridized carbons (Fsp3) is 0.107. The first-order chi connectivity index (χ1) is 19.4. The maximum atomic E-state index is 13.3. The highest BCUT2D eigenvalue weighted by molar-refractivity contribution is 6.30. The average Bonchev–Trinajstić information content (AvgIpc) is 3.65. The summed E-state index contributed by atoms with van der Waals surface area (Å²) in [7, 11) is 0. The van der Waals surface area contributed by atoms with E-state index in [1.807, 2.05) is 30.3 Å². The van der Waals surface area contributed by atoms with Gasteiger partial charge in [0.1, 0.15) is 12.4 Å². The molecule has 12 heteroatoms. The molecule has 2 aromatic heterocycles. The van der Waals surface area contributed by atoms with Crippen LogP contribution in [0.1, 0.15) is 17.0 Å². The quantitative estimate of drug-likeness (QED) is 0.260. The summed E-state index contributed by atoms with van der Waals surface area (Å²) < 4.78 is 6.49. The molecule has 1 atom stereocenters. The van der Waals surface area contributed by atoms with E-state index in [1.54, 1.807) is 55.5 Å². The lowest BCUT2D eigenvalue weighted by atomic mass is 10.0. The fourth-order valence-electron chi connectivity index (χ4n) is 3.93.